The summed E-state index contributed by atoms with van der Waals surface area (Å²) >= 11 is 0. The topological polar surface area (TPSA) is 109 Å². The number of hydrogen-bond acceptors (Lipinski definition) is 4. The van der Waals surface area contributed by atoms with Gasteiger partial charge in [0.15, 0.2) is 5.25 Å². The quantitative estimate of drug-likeness (QED) is 0.631. The Bertz CT molecular complexity index is 347. The second-order valence-electron chi connectivity index (χ2n) is 4.26. The molecule has 0 bridgehead atoms. The fourth-order valence-electron chi connectivity index (χ4n) is 1.70. The van der Waals surface area contributed by atoms with Gasteiger partial charge in [0.05, 0.1) is 0 Å². The minimum atomic E-state index is -3.77. The van der Waals surface area contributed by atoms with Gasteiger partial charge in [-0.05, 0) is 32.6 Å². The zero-order valence-electron chi connectivity index (χ0n) is 9.22. The molecule has 7 heteroatoms. The van der Waals surface area contributed by atoms with Gasteiger partial charge in [0, 0.05) is 12.1 Å². The molecule has 1 fully saturated rings. The number of rotatable bonds is 4. The van der Waals surface area contributed by atoms with Crippen LogP contribution < -0.4 is 10.5 Å². The number of hydrogen-bond donors (Lipinski definition) is 3. The van der Waals surface area contributed by atoms with Crippen molar-refractivity contribution >= 4 is 16.0 Å². The molecule has 16 heavy (non-hydrogen) atoms. The van der Waals surface area contributed by atoms with Crippen LogP contribution in [0.25, 0.3) is 0 Å². The molecule has 0 aromatic carbocycles. The molecule has 0 saturated heterocycles. The average molecular weight is 250 g/mol. The van der Waals surface area contributed by atoms with Crippen LogP contribution in [0.2, 0.25) is 0 Å². The molecule has 0 radical (unpaired) electrons. The molecule has 0 heterocycles. The van der Waals surface area contributed by atoms with Crippen LogP contribution in [0, 0.1) is 0 Å². The highest BCUT2D eigenvalue weighted by Crippen LogP contribution is 2.18. The first-order chi connectivity index (χ1) is 7.33. The van der Waals surface area contributed by atoms with Crippen molar-refractivity contribution in [3.05, 3.63) is 0 Å². The first kappa shape index (κ1) is 13.4. The summed E-state index contributed by atoms with van der Waals surface area (Å²) in [5, 5.41) is 7.24. The van der Waals surface area contributed by atoms with E-state index in [0.717, 1.165) is 12.8 Å². The Morgan fingerprint density at radius 2 is 1.88 bits per heavy atom. The van der Waals surface area contributed by atoms with Gasteiger partial charge in [0.2, 0.25) is 10.0 Å². The predicted octanol–water partition coefficient (Wildman–Crippen LogP) is -0.351. The van der Waals surface area contributed by atoms with Crippen molar-refractivity contribution in [3.63, 3.8) is 0 Å². The third-order valence-corrected chi connectivity index (χ3v) is 4.71. The summed E-state index contributed by atoms with van der Waals surface area (Å²) in [6, 6.07) is -0.0377. The Kier molecular flexibility index (Phi) is 4.28. The summed E-state index contributed by atoms with van der Waals surface area (Å²) < 4.78 is 25.6. The van der Waals surface area contributed by atoms with E-state index in [1.807, 2.05) is 0 Å². The maximum Gasteiger partial charge on any atom is 0.323 e. The Balaban J connectivity index is 2.56. The normalized spacial score (nSPS) is 28.6. The van der Waals surface area contributed by atoms with Gasteiger partial charge in [-0.3, -0.25) is 4.79 Å². The van der Waals surface area contributed by atoms with Crippen molar-refractivity contribution in [1.29, 1.82) is 0 Å². The van der Waals surface area contributed by atoms with Crippen LogP contribution in [0.4, 0.5) is 0 Å². The van der Waals surface area contributed by atoms with Crippen molar-refractivity contribution in [2.45, 2.75) is 49.9 Å². The highest BCUT2D eigenvalue weighted by Gasteiger charge is 2.31. The number of carboxylic acids is 1. The highest BCUT2D eigenvalue weighted by molar-refractivity contribution is 7.90. The molecule has 1 aliphatic rings. The zero-order chi connectivity index (χ0) is 12.3. The Morgan fingerprint density at radius 1 is 1.38 bits per heavy atom. The van der Waals surface area contributed by atoms with Gasteiger partial charge >= 0.3 is 5.97 Å². The molecule has 94 valence electrons. The molecule has 0 aromatic heterocycles. The molecule has 6 nitrogen and oxygen atoms in total. The molecule has 1 rings (SSSR count). The van der Waals surface area contributed by atoms with Crippen molar-refractivity contribution in [2.24, 2.45) is 5.73 Å². The Morgan fingerprint density at radius 3 is 2.31 bits per heavy atom. The largest absolute Gasteiger partial charge is 0.480 e. The third kappa shape index (κ3) is 3.43. The number of aliphatic carboxylic acids is 1. The van der Waals surface area contributed by atoms with Crippen LogP contribution in [0.3, 0.4) is 0 Å². The lowest BCUT2D eigenvalue weighted by molar-refractivity contribution is -0.136. The van der Waals surface area contributed by atoms with Crippen LogP contribution in [-0.4, -0.2) is 36.8 Å². The molecule has 0 amide bonds. The van der Waals surface area contributed by atoms with Crippen molar-refractivity contribution in [2.75, 3.05) is 0 Å². The fourth-order valence-corrected chi connectivity index (χ4v) is 2.87. The van der Waals surface area contributed by atoms with E-state index < -0.39 is 21.2 Å². The fraction of sp³-hybridized carbons (Fsp3) is 0.889. The van der Waals surface area contributed by atoms with Crippen molar-refractivity contribution in [3.8, 4) is 0 Å². The van der Waals surface area contributed by atoms with Gasteiger partial charge in [0.25, 0.3) is 0 Å². The van der Waals surface area contributed by atoms with Gasteiger partial charge in [-0.2, -0.15) is 0 Å². The number of sulfonamides is 1. The standard InChI is InChI=1S/C9H18N2O4S/c1-6(9(12)13)16(14,15)11-8-4-2-7(10)3-5-8/h6-8,11H,2-5,10H2,1H3,(H,12,13). The van der Waals surface area contributed by atoms with E-state index in [4.69, 9.17) is 10.8 Å². The van der Waals surface area contributed by atoms with Crippen LogP contribution in [0.15, 0.2) is 0 Å². The van der Waals surface area contributed by atoms with E-state index in [2.05, 4.69) is 4.72 Å². The third-order valence-electron chi connectivity index (χ3n) is 2.92. The van der Waals surface area contributed by atoms with Gasteiger partial charge < -0.3 is 10.8 Å². The zero-order valence-corrected chi connectivity index (χ0v) is 10.0. The molecule has 1 aliphatic carbocycles. The average Bonchev–Trinajstić information content (AvgIpc) is 2.20. The SMILES string of the molecule is CC(C(=O)O)S(=O)(=O)NC1CCC(N)CC1. The number of nitrogens with two attached hydrogens (primary N) is 1. The van der Waals surface area contributed by atoms with Crippen LogP contribution in [-0.2, 0) is 14.8 Å². The molecule has 0 aliphatic heterocycles. The van der Waals surface area contributed by atoms with E-state index in [-0.39, 0.29) is 12.1 Å². The molecule has 1 saturated carbocycles. The molecule has 1 atom stereocenters. The van der Waals surface area contributed by atoms with Crippen molar-refractivity contribution in [1.82, 2.24) is 4.72 Å². The maximum absolute atomic E-state index is 11.6. The summed E-state index contributed by atoms with van der Waals surface area (Å²) in [6.07, 6.45) is 2.89. The Labute approximate surface area is 95.3 Å². The second kappa shape index (κ2) is 5.11. The van der Waals surface area contributed by atoms with E-state index >= 15 is 0 Å². The molecular weight excluding hydrogens is 232 g/mol. The lowest BCUT2D eigenvalue weighted by Crippen LogP contribution is -2.45. The van der Waals surface area contributed by atoms with Crippen LogP contribution in [0.1, 0.15) is 32.6 Å². The number of carboxylic acid groups (broad SMARTS) is 1. The van der Waals surface area contributed by atoms with E-state index in [1.165, 1.54) is 6.92 Å². The summed E-state index contributed by atoms with van der Waals surface area (Å²) in [5.41, 5.74) is 5.70. The summed E-state index contributed by atoms with van der Waals surface area (Å²) in [4.78, 5) is 10.6. The van der Waals surface area contributed by atoms with Gasteiger partial charge in [-0.25, -0.2) is 13.1 Å². The summed E-state index contributed by atoms with van der Waals surface area (Å²) in [5.74, 6) is -1.33. The number of nitrogens with one attached hydrogen (secondary N) is 1. The molecule has 0 aromatic rings. The van der Waals surface area contributed by atoms with Crippen LogP contribution in [0.5, 0.6) is 0 Å². The second-order valence-corrected chi connectivity index (χ2v) is 6.29. The summed E-state index contributed by atoms with van der Waals surface area (Å²) in [6.45, 7) is 1.17. The highest BCUT2D eigenvalue weighted by atomic mass is 32.2. The van der Waals surface area contributed by atoms with Crippen molar-refractivity contribution < 1.29 is 18.3 Å². The van der Waals surface area contributed by atoms with Gasteiger partial charge in [-0.15, -0.1) is 0 Å². The first-order valence-electron chi connectivity index (χ1n) is 5.32. The van der Waals surface area contributed by atoms with E-state index in [0.29, 0.717) is 12.8 Å². The molecule has 4 N–H and O–H groups in total. The monoisotopic (exact) mass is 250 g/mol. The van der Waals surface area contributed by atoms with Gasteiger partial charge in [0.1, 0.15) is 0 Å². The smallest absolute Gasteiger partial charge is 0.323 e. The number of carbonyl (C=O) groups is 1. The van der Waals surface area contributed by atoms with Crippen LogP contribution >= 0.6 is 0 Å². The predicted molar refractivity (Wildman–Crippen MR) is 59.4 cm³/mol. The molecule has 0 spiro atoms. The van der Waals surface area contributed by atoms with E-state index in [9.17, 15) is 13.2 Å². The first-order valence-corrected chi connectivity index (χ1v) is 6.87. The lowest BCUT2D eigenvalue weighted by atomic mass is 9.93. The maximum atomic E-state index is 11.6. The minimum Gasteiger partial charge on any atom is -0.480 e. The lowest BCUT2D eigenvalue weighted by Gasteiger charge is -2.27. The summed E-state index contributed by atoms with van der Waals surface area (Å²) in [7, 11) is -3.77. The Hall–Kier alpha value is -0.660. The van der Waals surface area contributed by atoms with Gasteiger partial charge in [-0.1, -0.05) is 0 Å². The van der Waals surface area contributed by atoms with E-state index in [1.54, 1.807) is 0 Å². The minimum absolute atomic E-state index is 0.137. The molecule has 1 unspecified atom stereocenters. The molecular formula is C9H18N2O4S.